The lowest BCUT2D eigenvalue weighted by atomic mass is 9.96. The number of nitrogens with two attached hydrogens (primary N) is 1. The Balaban J connectivity index is 1.87. The van der Waals surface area contributed by atoms with Gasteiger partial charge < -0.3 is 10.5 Å². The summed E-state index contributed by atoms with van der Waals surface area (Å²) < 4.78 is 6.81. The van der Waals surface area contributed by atoms with Gasteiger partial charge in [0, 0.05) is 4.47 Å². The van der Waals surface area contributed by atoms with Crippen molar-refractivity contribution in [2.45, 2.75) is 12.3 Å². The number of ether oxygens (including phenoxy) is 1. The molecule has 0 aromatic heterocycles. The summed E-state index contributed by atoms with van der Waals surface area (Å²) in [6.07, 6.45) is 0.924. The highest BCUT2D eigenvalue weighted by molar-refractivity contribution is 9.10. The Hall–Kier alpha value is -1.32. The second kappa shape index (κ2) is 7.31. The molecule has 0 radical (unpaired) electrons. The molecule has 1 atom stereocenters. The molecule has 2 aromatic rings. The molecule has 0 spiro atoms. The fourth-order valence-corrected chi connectivity index (χ4v) is 2.26. The summed E-state index contributed by atoms with van der Waals surface area (Å²) in [7, 11) is 0. The van der Waals surface area contributed by atoms with Gasteiger partial charge in [-0.3, -0.25) is 0 Å². The first kappa shape index (κ1) is 14.1. The second-order valence-corrected chi connectivity index (χ2v) is 5.35. The first-order valence-corrected chi connectivity index (χ1v) is 7.22. The predicted octanol–water partition coefficient (Wildman–Crippen LogP) is 3.96. The Morgan fingerprint density at radius 2 is 1.68 bits per heavy atom. The van der Waals surface area contributed by atoms with Gasteiger partial charge in [-0.25, -0.2) is 0 Å². The molecule has 3 heteroatoms. The number of halogens is 1. The molecule has 0 heterocycles. The topological polar surface area (TPSA) is 35.2 Å². The van der Waals surface area contributed by atoms with Crippen LogP contribution in [0.5, 0.6) is 5.75 Å². The van der Waals surface area contributed by atoms with Gasteiger partial charge in [0.05, 0.1) is 6.61 Å². The van der Waals surface area contributed by atoms with E-state index in [1.54, 1.807) is 0 Å². The highest BCUT2D eigenvalue weighted by Gasteiger charge is 2.09. The van der Waals surface area contributed by atoms with Crippen LogP contribution in [0.4, 0.5) is 0 Å². The van der Waals surface area contributed by atoms with Crippen molar-refractivity contribution in [1.82, 2.24) is 0 Å². The van der Waals surface area contributed by atoms with Crippen LogP contribution in [0.1, 0.15) is 17.9 Å². The van der Waals surface area contributed by atoms with Gasteiger partial charge in [0.2, 0.25) is 0 Å². The fraction of sp³-hybridized carbons (Fsp3) is 0.250. The third kappa shape index (κ3) is 4.37. The highest BCUT2D eigenvalue weighted by Crippen LogP contribution is 2.21. The van der Waals surface area contributed by atoms with E-state index in [4.69, 9.17) is 10.5 Å². The first-order chi connectivity index (χ1) is 9.29. The van der Waals surface area contributed by atoms with Gasteiger partial charge in [-0.2, -0.15) is 0 Å². The van der Waals surface area contributed by atoms with E-state index in [-0.39, 0.29) is 0 Å². The lowest BCUT2D eigenvalue weighted by molar-refractivity contribution is 0.298. The number of hydrogen-bond donors (Lipinski definition) is 1. The summed E-state index contributed by atoms with van der Waals surface area (Å²) in [5, 5.41) is 0. The van der Waals surface area contributed by atoms with E-state index in [0.717, 1.165) is 16.6 Å². The molecule has 0 aliphatic heterocycles. The van der Waals surface area contributed by atoms with Crippen molar-refractivity contribution in [2.24, 2.45) is 5.73 Å². The minimum absolute atomic E-state index is 0.344. The highest BCUT2D eigenvalue weighted by atomic mass is 79.9. The van der Waals surface area contributed by atoms with E-state index in [9.17, 15) is 0 Å². The molecule has 2 nitrogen and oxygen atoms in total. The van der Waals surface area contributed by atoms with Crippen molar-refractivity contribution in [1.29, 1.82) is 0 Å². The van der Waals surface area contributed by atoms with Crippen LogP contribution in [-0.2, 0) is 0 Å². The maximum absolute atomic E-state index is 5.86. The molecular formula is C16H18BrNO. The molecule has 2 N–H and O–H groups in total. The number of hydrogen-bond acceptors (Lipinski definition) is 2. The number of para-hydroxylation sites is 1. The lowest BCUT2D eigenvalue weighted by Gasteiger charge is -2.15. The predicted molar refractivity (Wildman–Crippen MR) is 82.5 cm³/mol. The van der Waals surface area contributed by atoms with E-state index in [1.807, 2.05) is 30.3 Å². The molecular weight excluding hydrogens is 302 g/mol. The summed E-state index contributed by atoms with van der Waals surface area (Å²) in [5.74, 6) is 1.26. The van der Waals surface area contributed by atoms with Gasteiger partial charge in [-0.15, -0.1) is 0 Å². The normalized spacial score (nSPS) is 12.1. The average molecular weight is 320 g/mol. The minimum atomic E-state index is 0.344. The summed E-state index contributed by atoms with van der Waals surface area (Å²) >= 11 is 3.44. The van der Waals surface area contributed by atoms with Crippen LogP contribution in [0.3, 0.4) is 0 Å². The molecule has 2 rings (SSSR count). The van der Waals surface area contributed by atoms with Crippen LogP contribution in [0, 0.1) is 0 Å². The van der Waals surface area contributed by atoms with Crippen molar-refractivity contribution >= 4 is 15.9 Å². The standard InChI is InChI=1S/C16H18BrNO/c17-15-8-6-13(7-9-15)14(12-18)10-11-19-16-4-2-1-3-5-16/h1-9,14H,10-12,18H2. The average Bonchev–Trinajstić information content (AvgIpc) is 2.46. The van der Waals surface area contributed by atoms with Crippen molar-refractivity contribution in [2.75, 3.05) is 13.2 Å². The van der Waals surface area contributed by atoms with E-state index < -0.39 is 0 Å². The summed E-state index contributed by atoms with van der Waals surface area (Å²) in [4.78, 5) is 0. The van der Waals surface area contributed by atoms with Crippen LogP contribution in [0.15, 0.2) is 59.1 Å². The summed E-state index contributed by atoms with van der Waals surface area (Å²) in [6, 6.07) is 18.2. The quantitative estimate of drug-likeness (QED) is 0.874. The second-order valence-electron chi connectivity index (χ2n) is 4.43. The molecule has 0 saturated heterocycles. The lowest BCUT2D eigenvalue weighted by Crippen LogP contribution is -2.15. The zero-order valence-electron chi connectivity index (χ0n) is 10.8. The van der Waals surface area contributed by atoms with E-state index >= 15 is 0 Å². The maximum atomic E-state index is 5.86. The van der Waals surface area contributed by atoms with Gasteiger partial charge in [0.25, 0.3) is 0 Å². The van der Waals surface area contributed by atoms with Gasteiger partial charge in [-0.05, 0) is 48.7 Å². The molecule has 0 saturated carbocycles. The first-order valence-electron chi connectivity index (χ1n) is 6.43. The van der Waals surface area contributed by atoms with Crippen molar-refractivity contribution in [3.8, 4) is 5.75 Å². The molecule has 0 amide bonds. The molecule has 1 unspecified atom stereocenters. The van der Waals surface area contributed by atoms with Crippen molar-refractivity contribution in [3.05, 3.63) is 64.6 Å². The largest absolute Gasteiger partial charge is 0.494 e. The van der Waals surface area contributed by atoms with Crippen LogP contribution >= 0.6 is 15.9 Å². The van der Waals surface area contributed by atoms with Gasteiger partial charge in [0.1, 0.15) is 5.75 Å². The Kier molecular flexibility index (Phi) is 5.43. The summed E-state index contributed by atoms with van der Waals surface area (Å²) in [5.41, 5.74) is 7.12. The van der Waals surface area contributed by atoms with E-state index in [1.165, 1.54) is 5.56 Å². The van der Waals surface area contributed by atoms with Crippen molar-refractivity contribution < 1.29 is 4.74 Å². The molecule has 19 heavy (non-hydrogen) atoms. The molecule has 2 aromatic carbocycles. The Bertz CT molecular complexity index is 484. The maximum Gasteiger partial charge on any atom is 0.119 e. The van der Waals surface area contributed by atoms with E-state index in [0.29, 0.717) is 19.1 Å². The van der Waals surface area contributed by atoms with Gasteiger partial charge in [0.15, 0.2) is 0 Å². The fourth-order valence-electron chi connectivity index (χ4n) is 1.99. The summed E-state index contributed by atoms with van der Waals surface area (Å²) in [6.45, 7) is 1.32. The third-order valence-electron chi connectivity index (χ3n) is 3.10. The zero-order chi connectivity index (χ0) is 13.5. The smallest absolute Gasteiger partial charge is 0.119 e. The Morgan fingerprint density at radius 3 is 2.32 bits per heavy atom. The SMILES string of the molecule is NCC(CCOc1ccccc1)c1ccc(Br)cc1. The zero-order valence-corrected chi connectivity index (χ0v) is 12.3. The Morgan fingerprint density at radius 1 is 1.00 bits per heavy atom. The molecule has 0 aliphatic rings. The van der Waals surface area contributed by atoms with Crippen LogP contribution in [-0.4, -0.2) is 13.2 Å². The van der Waals surface area contributed by atoms with Crippen molar-refractivity contribution in [3.63, 3.8) is 0 Å². The van der Waals surface area contributed by atoms with Crippen LogP contribution < -0.4 is 10.5 Å². The van der Waals surface area contributed by atoms with Crippen LogP contribution in [0.2, 0.25) is 0 Å². The molecule has 0 fully saturated rings. The number of benzene rings is 2. The molecule has 0 bridgehead atoms. The van der Waals surface area contributed by atoms with Crippen LogP contribution in [0.25, 0.3) is 0 Å². The minimum Gasteiger partial charge on any atom is -0.494 e. The van der Waals surface area contributed by atoms with Gasteiger partial charge in [-0.1, -0.05) is 46.3 Å². The Labute approximate surface area is 122 Å². The van der Waals surface area contributed by atoms with E-state index in [2.05, 4.69) is 40.2 Å². The monoisotopic (exact) mass is 319 g/mol. The molecule has 100 valence electrons. The third-order valence-corrected chi connectivity index (χ3v) is 3.63. The van der Waals surface area contributed by atoms with Gasteiger partial charge >= 0.3 is 0 Å². The molecule has 0 aliphatic carbocycles. The number of rotatable bonds is 6.